The highest BCUT2D eigenvalue weighted by Gasteiger charge is 2.21. The van der Waals surface area contributed by atoms with E-state index < -0.39 is 0 Å². The van der Waals surface area contributed by atoms with Crippen LogP contribution in [0.3, 0.4) is 0 Å². The monoisotopic (exact) mass is 370 g/mol. The largest absolute Gasteiger partial charge is 0.356 e. The molecule has 0 bridgehead atoms. The number of likely N-dealkylation sites (tertiary alicyclic amines) is 1. The normalized spacial score (nSPS) is 17.8. The van der Waals surface area contributed by atoms with Crippen LogP contribution >= 0.6 is 11.6 Å². The van der Waals surface area contributed by atoms with E-state index in [2.05, 4.69) is 28.4 Å². The van der Waals surface area contributed by atoms with Crippen molar-refractivity contribution >= 4 is 17.5 Å². The van der Waals surface area contributed by atoms with Gasteiger partial charge in [0.1, 0.15) is 0 Å². The van der Waals surface area contributed by atoms with Gasteiger partial charge in [-0.2, -0.15) is 0 Å². The lowest BCUT2D eigenvalue weighted by molar-refractivity contribution is -0.121. The molecule has 1 atom stereocenters. The van der Waals surface area contributed by atoms with E-state index in [9.17, 15) is 4.79 Å². The van der Waals surface area contributed by atoms with Gasteiger partial charge in [-0.1, -0.05) is 60.1 Å². The molecule has 3 rings (SSSR count). The van der Waals surface area contributed by atoms with Crippen LogP contribution in [0, 0.1) is 5.92 Å². The second-order valence-electron chi connectivity index (χ2n) is 7.12. The van der Waals surface area contributed by atoms with Gasteiger partial charge in [-0.25, -0.2) is 0 Å². The van der Waals surface area contributed by atoms with Gasteiger partial charge in [0.05, 0.1) is 0 Å². The smallest absolute Gasteiger partial charge is 0.220 e. The van der Waals surface area contributed by atoms with Gasteiger partial charge >= 0.3 is 0 Å². The Kier molecular flexibility index (Phi) is 7.10. The standard InChI is InChI=1S/C22H27ClN2O/c23-21-11-5-4-10-20(21)17-25-14-6-9-19(16-25)15-24-22(26)13-12-18-7-2-1-3-8-18/h1-5,7-8,10-11,19H,6,9,12-17H2,(H,24,26). The zero-order chi connectivity index (χ0) is 18.2. The molecule has 2 aromatic carbocycles. The summed E-state index contributed by atoms with van der Waals surface area (Å²) in [4.78, 5) is 14.6. The average Bonchev–Trinajstić information content (AvgIpc) is 2.68. The van der Waals surface area contributed by atoms with E-state index in [0.717, 1.165) is 37.6 Å². The van der Waals surface area contributed by atoms with Crippen LogP contribution in [0.1, 0.15) is 30.4 Å². The second-order valence-corrected chi connectivity index (χ2v) is 7.53. The Morgan fingerprint density at radius 2 is 1.88 bits per heavy atom. The van der Waals surface area contributed by atoms with Gasteiger partial charge < -0.3 is 5.32 Å². The second kappa shape index (κ2) is 9.75. The fraction of sp³-hybridized carbons (Fsp3) is 0.409. The van der Waals surface area contributed by atoms with Gasteiger partial charge in [0.15, 0.2) is 0 Å². The van der Waals surface area contributed by atoms with Gasteiger partial charge in [0, 0.05) is 31.1 Å². The summed E-state index contributed by atoms with van der Waals surface area (Å²) in [7, 11) is 0. The molecule has 0 spiro atoms. The predicted octanol–water partition coefficient (Wildman–Crippen LogP) is 4.30. The molecule has 1 aliphatic heterocycles. The van der Waals surface area contributed by atoms with Crippen molar-refractivity contribution in [3.63, 3.8) is 0 Å². The number of hydrogen-bond donors (Lipinski definition) is 1. The topological polar surface area (TPSA) is 32.3 Å². The Morgan fingerprint density at radius 3 is 2.69 bits per heavy atom. The number of hydrogen-bond acceptors (Lipinski definition) is 2. The third-order valence-electron chi connectivity index (χ3n) is 5.03. The highest BCUT2D eigenvalue weighted by Crippen LogP contribution is 2.21. The Hall–Kier alpha value is -1.84. The highest BCUT2D eigenvalue weighted by molar-refractivity contribution is 6.31. The number of carbonyl (C=O) groups excluding carboxylic acids is 1. The zero-order valence-electron chi connectivity index (χ0n) is 15.2. The molecule has 3 nitrogen and oxygen atoms in total. The van der Waals surface area contributed by atoms with Crippen LogP contribution < -0.4 is 5.32 Å². The fourth-order valence-electron chi connectivity index (χ4n) is 3.58. The minimum atomic E-state index is 0.150. The number of nitrogens with one attached hydrogen (secondary N) is 1. The predicted molar refractivity (Wildman–Crippen MR) is 107 cm³/mol. The number of amides is 1. The lowest BCUT2D eigenvalue weighted by Crippen LogP contribution is -2.40. The summed E-state index contributed by atoms with van der Waals surface area (Å²) in [6, 6.07) is 18.2. The molecule has 138 valence electrons. The first-order valence-corrected chi connectivity index (χ1v) is 9.85. The van der Waals surface area contributed by atoms with Gasteiger partial charge in [0.25, 0.3) is 0 Å². The van der Waals surface area contributed by atoms with Crippen molar-refractivity contribution in [2.24, 2.45) is 5.92 Å². The van der Waals surface area contributed by atoms with E-state index >= 15 is 0 Å². The van der Waals surface area contributed by atoms with Gasteiger partial charge in [-0.15, -0.1) is 0 Å². The maximum Gasteiger partial charge on any atom is 0.220 e. The Bertz CT molecular complexity index is 704. The Labute approximate surface area is 161 Å². The van der Waals surface area contributed by atoms with Crippen molar-refractivity contribution in [3.05, 3.63) is 70.7 Å². The third-order valence-corrected chi connectivity index (χ3v) is 5.40. The number of halogens is 1. The first-order chi connectivity index (χ1) is 12.7. The number of piperidine rings is 1. The van der Waals surface area contributed by atoms with Crippen LogP contribution in [-0.2, 0) is 17.8 Å². The van der Waals surface area contributed by atoms with Crippen molar-refractivity contribution in [1.82, 2.24) is 10.2 Å². The zero-order valence-corrected chi connectivity index (χ0v) is 15.9. The lowest BCUT2D eigenvalue weighted by Gasteiger charge is -2.33. The van der Waals surface area contributed by atoms with Crippen molar-refractivity contribution < 1.29 is 4.79 Å². The van der Waals surface area contributed by atoms with Crippen LogP contribution in [0.4, 0.5) is 0 Å². The van der Waals surface area contributed by atoms with E-state index in [4.69, 9.17) is 11.6 Å². The number of benzene rings is 2. The highest BCUT2D eigenvalue weighted by atomic mass is 35.5. The van der Waals surface area contributed by atoms with Crippen LogP contribution in [-0.4, -0.2) is 30.4 Å². The summed E-state index contributed by atoms with van der Waals surface area (Å²) >= 11 is 6.28. The number of rotatable bonds is 7. The first kappa shape index (κ1) is 18.9. The first-order valence-electron chi connectivity index (χ1n) is 9.47. The minimum Gasteiger partial charge on any atom is -0.356 e. The van der Waals surface area contributed by atoms with E-state index in [1.165, 1.54) is 24.0 Å². The molecule has 1 saturated heterocycles. The van der Waals surface area contributed by atoms with Crippen LogP contribution in [0.5, 0.6) is 0 Å². The molecule has 0 aromatic heterocycles. The van der Waals surface area contributed by atoms with Crippen molar-refractivity contribution in [1.29, 1.82) is 0 Å². The molecule has 1 aliphatic rings. The minimum absolute atomic E-state index is 0.150. The molecule has 1 amide bonds. The maximum atomic E-state index is 12.1. The number of carbonyl (C=O) groups is 1. The molecular formula is C22H27ClN2O. The lowest BCUT2D eigenvalue weighted by atomic mass is 9.97. The maximum absolute atomic E-state index is 12.1. The van der Waals surface area contributed by atoms with Crippen LogP contribution in [0.15, 0.2) is 54.6 Å². The van der Waals surface area contributed by atoms with Crippen molar-refractivity contribution in [2.75, 3.05) is 19.6 Å². The molecule has 0 saturated carbocycles. The quantitative estimate of drug-likeness (QED) is 0.788. The Morgan fingerprint density at radius 1 is 1.12 bits per heavy atom. The molecule has 2 aromatic rings. The third kappa shape index (κ3) is 5.86. The summed E-state index contributed by atoms with van der Waals surface area (Å²) in [5.74, 6) is 0.670. The fourth-order valence-corrected chi connectivity index (χ4v) is 3.77. The summed E-state index contributed by atoms with van der Waals surface area (Å²) < 4.78 is 0. The van der Waals surface area contributed by atoms with E-state index in [1.807, 2.05) is 36.4 Å². The van der Waals surface area contributed by atoms with Gasteiger partial charge in [0.2, 0.25) is 5.91 Å². The van der Waals surface area contributed by atoms with Crippen LogP contribution in [0.25, 0.3) is 0 Å². The van der Waals surface area contributed by atoms with Gasteiger partial charge in [-0.05, 0) is 48.9 Å². The summed E-state index contributed by atoms with van der Waals surface area (Å²) in [6.45, 7) is 3.78. The van der Waals surface area contributed by atoms with Gasteiger partial charge in [-0.3, -0.25) is 9.69 Å². The van der Waals surface area contributed by atoms with E-state index in [0.29, 0.717) is 12.3 Å². The van der Waals surface area contributed by atoms with E-state index in [-0.39, 0.29) is 5.91 Å². The molecule has 1 fully saturated rings. The number of nitrogens with zero attached hydrogens (tertiary/aromatic N) is 1. The van der Waals surface area contributed by atoms with Crippen molar-refractivity contribution in [2.45, 2.75) is 32.2 Å². The molecule has 1 heterocycles. The molecule has 0 radical (unpaired) electrons. The molecule has 0 aliphatic carbocycles. The summed E-state index contributed by atoms with van der Waals surface area (Å²) in [5.41, 5.74) is 2.40. The summed E-state index contributed by atoms with van der Waals surface area (Å²) in [5, 5.41) is 3.96. The molecule has 4 heteroatoms. The van der Waals surface area contributed by atoms with E-state index in [1.54, 1.807) is 0 Å². The Balaban J connectivity index is 1.40. The SMILES string of the molecule is O=C(CCc1ccccc1)NCC1CCCN(Cc2ccccc2Cl)C1. The molecular weight excluding hydrogens is 344 g/mol. The summed E-state index contributed by atoms with van der Waals surface area (Å²) in [6.07, 6.45) is 3.71. The average molecular weight is 371 g/mol. The molecule has 1 unspecified atom stereocenters. The molecule has 1 N–H and O–H groups in total. The number of aryl methyl sites for hydroxylation is 1. The van der Waals surface area contributed by atoms with Crippen molar-refractivity contribution in [3.8, 4) is 0 Å². The molecule has 26 heavy (non-hydrogen) atoms. The van der Waals surface area contributed by atoms with Crippen LogP contribution in [0.2, 0.25) is 5.02 Å².